The third kappa shape index (κ3) is 8.45. The van der Waals surface area contributed by atoms with E-state index in [0.29, 0.717) is 5.92 Å². The molecule has 2 aromatic carbocycles. The van der Waals surface area contributed by atoms with Gasteiger partial charge in [0.05, 0.1) is 5.82 Å². The molecular weight excluding hydrogens is 342 g/mol. The summed E-state index contributed by atoms with van der Waals surface area (Å²) in [5, 5.41) is 6.42. The second-order valence-electron chi connectivity index (χ2n) is 8.20. The van der Waals surface area contributed by atoms with Crippen molar-refractivity contribution in [1.82, 2.24) is 5.32 Å². The monoisotopic (exact) mass is 379 g/mol. The second-order valence-corrected chi connectivity index (χ2v) is 8.20. The van der Waals surface area contributed by atoms with Gasteiger partial charge in [0, 0.05) is 17.3 Å². The summed E-state index contributed by atoms with van der Waals surface area (Å²) >= 11 is 0. The number of nitrogens with one attached hydrogen (secondary N) is 2. The van der Waals surface area contributed by atoms with E-state index in [4.69, 9.17) is 5.73 Å². The molecule has 0 amide bonds. The SMILES string of the molecule is C=C(Nc1ccccc1)NC(C)C(C)(C)N.C=C(c1ccc(C)cc1)C(C)C. The van der Waals surface area contributed by atoms with Crippen molar-refractivity contribution >= 4 is 11.3 Å². The highest BCUT2D eigenvalue weighted by Gasteiger charge is 2.20. The van der Waals surface area contributed by atoms with E-state index in [1.807, 2.05) is 51.1 Å². The van der Waals surface area contributed by atoms with Gasteiger partial charge >= 0.3 is 0 Å². The van der Waals surface area contributed by atoms with Crippen LogP contribution >= 0.6 is 0 Å². The Kier molecular flexibility index (Phi) is 9.01. The fourth-order valence-electron chi connectivity index (χ4n) is 2.28. The van der Waals surface area contributed by atoms with Crippen molar-refractivity contribution in [2.45, 2.75) is 53.1 Å². The molecule has 2 aromatic rings. The zero-order valence-corrected chi connectivity index (χ0v) is 18.3. The lowest BCUT2D eigenvalue weighted by Crippen LogP contribution is -2.51. The van der Waals surface area contributed by atoms with Gasteiger partial charge in [-0.2, -0.15) is 0 Å². The molecule has 0 radical (unpaired) electrons. The van der Waals surface area contributed by atoms with Crippen LogP contribution < -0.4 is 16.4 Å². The van der Waals surface area contributed by atoms with Crippen LogP contribution in [0.3, 0.4) is 0 Å². The van der Waals surface area contributed by atoms with Crippen molar-refractivity contribution in [2.24, 2.45) is 11.7 Å². The first-order chi connectivity index (χ1) is 13.0. The zero-order chi connectivity index (χ0) is 21.3. The molecule has 4 N–H and O–H groups in total. The van der Waals surface area contributed by atoms with Gasteiger partial charge in [0.2, 0.25) is 0 Å². The number of hydrogen-bond acceptors (Lipinski definition) is 3. The average molecular weight is 380 g/mol. The highest BCUT2D eigenvalue weighted by molar-refractivity contribution is 5.64. The van der Waals surface area contributed by atoms with E-state index in [1.165, 1.54) is 16.7 Å². The predicted molar refractivity (Wildman–Crippen MR) is 125 cm³/mol. The first-order valence-corrected chi connectivity index (χ1v) is 9.83. The number of nitrogens with two attached hydrogens (primary N) is 1. The maximum atomic E-state index is 5.99. The maximum Gasteiger partial charge on any atom is 0.0959 e. The average Bonchev–Trinajstić information content (AvgIpc) is 2.62. The standard InChI is InChI=1S/C13H21N3.C12H16/c1-10(13(3,4)14)15-11(2)16-12-8-6-5-7-9-12;1-9(2)11(4)12-7-5-10(3)6-8-12/h5-10,15-16H,2,14H2,1,3-4H3;5-9H,4H2,1-3H3. The van der Waals surface area contributed by atoms with Crippen molar-refractivity contribution < 1.29 is 0 Å². The van der Waals surface area contributed by atoms with Crippen LogP contribution in [-0.4, -0.2) is 11.6 Å². The Labute approximate surface area is 171 Å². The third-order valence-electron chi connectivity index (χ3n) is 4.70. The van der Waals surface area contributed by atoms with Crippen LogP contribution in [0.2, 0.25) is 0 Å². The summed E-state index contributed by atoms with van der Waals surface area (Å²) in [7, 11) is 0. The Morgan fingerprint density at radius 1 is 0.929 bits per heavy atom. The fraction of sp³-hybridized carbons (Fsp3) is 0.360. The van der Waals surface area contributed by atoms with Crippen LogP contribution in [0, 0.1) is 12.8 Å². The van der Waals surface area contributed by atoms with Crippen molar-refractivity contribution in [1.29, 1.82) is 0 Å². The summed E-state index contributed by atoms with van der Waals surface area (Å²) in [6.45, 7) is 20.4. The van der Waals surface area contributed by atoms with Crippen LogP contribution in [0.5, 0.6) is 0 Å². The Morgan fingerprint density at radius 2 is 1.46 bits per heavy atom. The minimum Gasteiger partial charge on any atom is -0.368 e. The number of allylic oxidation sites excluding steroid dienone is 1. The van der Waals surface area contributed by atoms with Crippen LogP contribution in [0.4, 0.5) is 5.69 Å². The molecule has 0 bridgehead atoms. The molecule has 0 spiro atoms. The molecule has 0 heterocycles. The van der Waals surface area contributed by atoms with Crippen molar-refractivity contribution in [3.05, 3.63) is 84.7 Å². The van der Waals surface area contributed by atoms with E-state index in [-0.39, 0.29) is 11.6 Å². The molecule has 1 unspecified atom stereocenters. The van der Waals surface area contributed by atoms with Crippen LogP contribution in [0.25, 0.3) is 5.57 Å². The fourth-order valence-corrected chi connectivity index (χ4v) is 2.28. The minimum atomic E-state index is -0.276. The Balaban J connectivity index is 0.000000292. The van der Waals surface area contributed by atoms with Gasteiger partial charge < -0.3 is 16.4 Å². The van der Waals surface area contributed by atoms with E-state index in [2.05, 4.69) is 68.8 Å². The molecule has 1 atom stereocenters. The number of hydrogen-bond donors (Lipinski definition) is 3. The van der Waals surface area contributed by atoms with Crippen molar-refractivity contribution in [3.63, 3.8) is 0 Å². The minimum absolute atomic E-state index is 0.149. The van der Waals surface area contributed by atoms with E-state index >= 15 is 0 Å². The highest BCUT2D eigenvalue weighted by Crippen LogP contribution is 2.20. The van der Waals surface area contributed by atoms with E-state index in [9.17, 15) is 0 Å². The summed E-state index contributed by atoms with van der Waals surface area (Å²) in [5.41, 5.74) is 10.5. The quantitative estimate of drug-likeness (QED) is 0.557. The van der Waals surface area contributed by atoms with Gasteiger partial charge in [-0.25, -0.2) is 0 Å². The summed E-state index contributed by atoms with van der Waals surface area (Å²) in [6, 6.07) is 18.6. The van der Waals surface area contributed by atoms with E-state index in [0.717, 1.165) is 11.5 Å². The summed E-state index contributed by atoms with van der Waals surface area (Å²) in [5.74, 6) is 1.30. The lowest BCUT2D eigenvalue weighted by atomic mass is 9.96. The first-order valence-electron chi connectivity index (χ1n) is 9.83. The Hall–Kier alpha value is -2.52. The lowest BCUT2D eigenvalue weighted by molar-refractivity contribution is 0.388. The molecule has 0 aliphatic carbocycles. The molecule has 152 valence electrons. The van der Waals surface area contributed by atoms with E-state index in [1.54, 1.807) is 0 Å². The van der Waals surface area contributed by atoms with Crippen LogP contribution in [0.15, 0.2) is 73.6 Å². The number of rotatable bonds is 7. The second kappa shape index (κ2) is 10.7. The molecule has 28 heavy (non-hydrogen) atoms. The molecule has 0 aliphatic rings. The first kappa shape index (κ1) is 23.5. The number of benzene rings is 2. The molecule has 3 nitrogen and oxygen atoms in total. The molecule has 0 aromatic heterocycles. The molecule has 0 fully saturated rings. The normalized spacial score (nSPS) is 11.9. The molecule has 0 saturated heterocycles. The van der Waals surface area contributed by atoms with Gasteiger partial charge in [-0.3, -0.25) is 0 Å². The van der Waals surface area contributed by atoms with Crippen LogP contribution in [0.1, 0.15) is 45.7 Å². The highest BCUT2D eigenvalue weighted by atomic mass is 15.1. The van der Waals surface area contributed by atoms with Crippen LogP contribution in [-0.2, 0) is 0 Å². The van der Waals surface area contributed by atoms with E-state index < -0.39 is 0 Å². The Bertz CT molecular complexity index is 738. The lowest BCUT2D eigenvalue weighted by Gasteiger charge is -2.29. The maximum absolute atomic E-state index is 5.99. The number of aryl methyl sites for hydroxylation is 1. The van der Waals surface area contributed by atoms with Gasteiger partial charge in [0.15, 0.2) is 0 Å². The zero-order valence-electron chi connectivity index (χ0n) is 18.3. The number of anilines is 1. The van der Waals surface area contributed by atoms with Gasteiger partial charge in [-0.15, -0.1) is 0 Å². The predicted octanol–water partition coefficient (Wildman–Crippen LogP) is 5.95. The van der Waals surface area contributed by atoms with Crippen molar-refractivity contribution in [2.75, 3.05) is 5.32 Å². The van der Waals surface area contributed by atoms with Gasteiger partial charge in [0.1, 0.15) is 0 Å². The largest absolute Gasteiger partial charge is 0.368 e. The molecular formula is C25H37N3. The van der Waals surface area contributed by atoms with Gasteiger partial charge in [-0.05, 0) is 56.9 Å². The number of para-hydroxylation sites is 1. The summed E-state index contributed by atoms with van der Waals surface area (Å²) in [6.07, 6.45) is 0. The smallest absolute Gasteiger partial charge is 0.0959 e. The van der Waals surface area contributed by atoms with Gasteiger partial charge in [-0.1, -0.05) is 75.0 Å². The Morgan fingerprint density at radius 3 is 1.93 bits per heavy atom. The molecule has 0 aliphatic heterocycles. The summed E-state index contributed by atoms with van der Waals surface area (Å²) < 4.78 is 0. The topological polar surface area (TPSA) is 50.1 Å². The third-order valence-corrected chi connectivity index (χ3v) is 4.70. The summed E-state index contributed by atoms with van der Waals surface area (Å²) in [4.78, 5) is 0. The van der Waals surface area contributed by atoms with Gasteiger partial charge in [0.25, 0.3) is 0 Å². The molecule has 3 heteroatoms. The molecule has 0 saturated carbocycles. The van der Waals surface area contributed by atoms with Crippen molar-refractivity contribution in [3.8, 4) is 0 Å². The molecule has 2 rings (SSSR count).